The summed E-state index contributed by atoms with van der Waals surface area (Å²) >= 11 is 0. The minimum absolute atomic E-state index is 0.0198. The number of rotatable bonds is 6. The zero-order chi connectivity index (χ0) is 15.9. The average molecular weight is 289 g/mol. The number of amides is 1. The topological polar surface area (TPSA) is 38.3 Å². The molecule has 1 rings (SSSR count). The summed E-state index contributed by atoms with van der Waals surface area (Å²) in [6, 6.07) is 8.09. The van der Waals surface area contributed by atoms with Gasteiger partial charge >= 0.3 is 0 Å². The van der Waals surface area contributed by atoms with Crippen LogP contribution in [0, 0.1) is 5.41 Å². The predicted octanol–water partition coefficient (Wildman–Crippen LogP) is 3.91. The summed E-state index contributed by atoms with van der Waals surface area (Å²) in [5.41, 5.74) is 1.31. The number of benzene rings is 1. The van der Waals surface area contributed by atoms with Gasteiger partial charge in [-0.3, -0.25) is 4.79 Å². The summed E-state index contributed by atoms with van der Waals surface area (Å²) in [6.07, 6.45) is 3.48. The summed E-state index contributed by atoms with van der Waals surface area (Å²) in [5.74, 6) is 1.27. The largest absolute Gasteiger partial charge is 0.492 e. The maximum absolute atomic E-state index is 11.6. The first kappa shape index (κ1) is 17.3. The van der Waals surface area contributed by atoms with Gasteiger partial charge in [0.2, 0.25) is 5.91 Å². The van der Waals surface area contributed by atoms with Gasteiger partial charge in [0.1, 0.15) is 12.4 Å². The Hall–Kier alpha value is -1.77. The number of ether oxygens (including phenoxy) is 1. The third kappa shape index (κ3) is 7.54. The van der Waals surface area contributed by atoms with Gasteiger partial charge in [-0.05, 0) is 35.1 Å². The van der Waals surface area contributed by atoms with Crippen molar-refractivity contribution in [1.29, 1.82) is 0 Å². The van der Waals surface area contributed by atoms with Crippen LogP contribution in [-0.2, 0) is 4.79 Å². The second-order valence-electron chi connectivity index (χ2n) is 6.56. The minimum atomic E-state index is -0.0799. The molecule has 1 aromatic carbocycles. The van der Waals surface area contributed by atoms with E-state index in [1.54, 1.807) is 6.08 Å². The van der Waals surface area contributed by atoms with Crippen LogP contribution in [0.5, 0.6) is 5.75 Å². The number of hydrogen-bond donors (Lipinski definition) is 1. The highest BCUT2D eigenvalue weighted by Crippen LogP contribution is 2.18. The fourth-order valence-corrected chi connectivity index (χ4v) is 1.68. The van der Waals surface area contributed by atoms with Crippen LogP contribution in [0.2, 0.25) is 0 Å². The molecule has 21 heavy (non-hydrogen) atoms. The SMILES string of the molecule is CC(C)c1ccc(OCCNC(=O)C=CC(C)(C)C)cc1. The van der Waals surface area contributed by atoms with Gasteiger partial charge in [0, 0.05) is 0 Å². The van der Waals surface area contributed by atoms with E-state index >= 15 is 0 Å². The van der Waals surface area contributed by atoms with Crippen LogP contribution in [0.25, 0.3) is 0 Å². The molecule has 0 aliphatic rings. The van der Waals surface area contributed by atoms with E-state index < -0.39 is 0 Å². The van der Waals surface area contributed by atoms with Crippen molar-refractivity contribution in [3.63, 3.8) is 0 Å². The number of allylic oxidation sites excluding steroid dienone is 1. The number of carbonyl (C=O) groups excluding carboxylic acids is 1. The van der Waals surface area contributed by atoms with Crippen LogP contribution in [0.3, 0.4) is 0 Å². The molecule has 3 heteroatoms. The highest BCUT2D eigenvalue weighted by atomic mass is 16.5. The Morgan fingerprint density at radius 3 is 2.38 bits per heavy atom. The van der Waals surface area contributed by atoms with Crippen molar-refractivity contribution in [2.45, 2.75) is 40.5 Å². The van der Waals surface area contributed by atoms with Gasteiger partial charge in [-0.15, -0.1) is 0 Å². The van der Waals surface area contributed by atoms with E-state index in [9.17, 15) is 4.79 Å². The van der Waals surface area contributed by atoms with E-state index in [0.29, 0.717) is 19.1 Å². The van der Waals surface area contributed by atoms with Crippen LogP contribution in [0.15, 0.2) is 36.4 Å². The Kier molecular flexibility index (Phi) is 6.47. The number of nitrogens with one attached hydrogen (secondary N) is 1. The molecular formula is C18H27NO2. The molecule has 0 radical (unpaired) electrons. The number of hydrogen-bond acceptors (Lipinski definition) is 2. The van der Waals surface area contributed by atoms with Gasteiger partial charge in [0.05, 0.1) is 6.54 Å². The zero-order valence-electron chi connectivity index (χ0n) is 13.8. The van der Waals surface area contributed by atoms with Crippen molar-refractivity contribution in [3.05, 3.63) is 42.0 Å². The first-order valence-corrected chi connectivity index (χ1v) is 7.48. The van der Waals surface area contributed by atoms with Gasteiger partial charge in [-0.2, -0.15) is 0 Å². The van der Waals surface area contributed by atoms with Crippen molar-refractivity contribution in [1.82, 2.24) is 5.32 Å². The van der Waals surface area contributed by atoms with E-state index in [-0.39, 0.29) is 11.3 Å². The van der Waals surface area contributed by atoms with Crippen molar-refractivity contribution < 1.29 is 9.53 Å². The van der Waals surface area contributed by atoms with Crippen LogP contribution in [-0.4, -0.2) is 19.1 Å². The molecule has 0 unspecified atom stereocenters. The minimum Gasteiger partial charge on any atom is -0.492 e. The monoisotopic (exact) mass is 289 g/mol. The van der Waals surface area contributed by atoms with Crippen LogP contribution in [0.4, 0.5) is 0 Å². The van der Waals surface area contributed by atoms with Crippen LogP contribution in [0.1, 0.15) is 46.1 Å². The molecule has 0 atom stereocenters. The Bertz CT molecular complexity index is 467. The average Bonchev–Trinajstić information content (AvgIpc) is 2.41. The fourth-order valence-electron chi connectivity index (χ4n) is 1.68. The molecule has 0 fully saturated rings. The highest BCUT2D eigenvalue weighted by molar-refractivity contribution is 5.87. The van der Waals surface area contributed by atoms with Crippen molar-refractivity contribution in [2.24, 2.45) is 5.41 Å². The lowest BCUT2D eigenvalue weighted by Gasteiger charge is -2.11. The maximum atomic E-state index is 11.6. The molecular weight excluding hydrogens is 262 g/mol. The molecule has 0 spiro atoms. The van der Waals surface area contributed by atoms with E-state index in [1.165, 1.54) is 5.56 Å². The summed E-state index contributed by atoms with van der Waals surface area (Å²) in [4.78, 5) is 11.6. The smallest absolute Gasteiger partial charge is 0.243 e. The quantitative estimate of drug-likeness (QED) is 0.637. The van der Waals surface area contributed by atoms with E-state index in [0.717, 1.165) is 5.75 Å². The maximum Gasteiger partial charge on any atom is 0.243 e. The first-order chi connectivity index (χ1) is 9.78. The first-order valence-electron chi connectivity index (χ1n) is 7.48. The Morgan fingerprint density at radius 1 is 1.24 bits per heavy atom. The van der Waals surface area contributed by atoms with Crippen LogP contribution >= 0.6 is 0 Å². The standard InChI is InChI=1S/C18H27NO2/c1-14(2)15-6-8-16(9-7-15)21-13-12-19-17(20)10-11-18(3,4)5/h6-11,14H,12-13H2,1-5H3,(H,19,20). The molecule has 1 amide bonds. The molecule has 0 saturated carbocycles. The van der Waals surface area contributed by atoms with Crippen molar-refractivity contribution in [2.75, 3.05) is 13.2 Å². The van der Waals surface area contributed by atoms with Crippen molar-refractivity contribution >= 4 is 5.91 Å². The molecule has 0 heterocycles. The van der Waals surface area contributed by atoms with E-state index in [4.69, 9.17) is 4.74 Å². The van der Waals surface area contributed by atoms with Crippen LogP contribution < -0.4 is 10.1 Å². The highest BCUT2D eigenvalue weighted by Gasteiger charge is 2.05. The predicted molar refractivity (Wildman–Crippen MR) is 87.6 cm³/mol. The van der Waals surface area contributed by atoms with E-state index in [2.05, 4.69) is 52.1 Å². The molecule has 0 aliphatic carbocycles. The fraction of sp³-hybridized carbons (Fsp3) is 0.500. The Morgan fingerprint density at radius 2 is 1.86 bits per heavy atom. The summed E-state index contributed by atoms with van der Waals surface area (Å²) in [6.45, 7) is 11.5. The lowest BCUT2D eigenvalue weighted by molar-refractivity contribution is -0.116. The molecule has 1 N–H and O–H groups in total. The third-order valence-electron chi connectivity index (χ3n) is 2.95. The summed E-state index contributed by atoms with van der Waals surface area (Å²) in [5, 5.41) is 2.80. The Balaban J connectivity index is 2.28. The van der Waals surface area contributed by atoms with Gasteiger partial charge in [-0.1, -0.05) is 52.8 Å². The third-order valence-corrected chi connectivity index (χ3v) is 2.95. The molecule has 3 nitrogen and oxygen atoms in total. The summed E-state index contributed by atoms with van der Waals surface area (Å²) in [7, 11) is 0. The molecule has 0 saturated heterocycles. The molecule has 0 aliphatic heterocycles. The van der Waals surface area contributed by atoms with Gasteiger partial charge < -0.3 is 10.1 Å². The summed E-state index contributed by atoms with van der Waals surface area (Å²) < 4.78 is 5.60. The Labute approximate surface area is 128 Å². The molecule has 0 bridgehead atoms. The van der Waals surface area contributed by atoms with Crippen molar-refractivity contribution in [3.8, 4) is 5.75 Å². The lowest BCUT2D eigenvalue weighted by atomic mass is 9.96. The second-order valence-corrected chi connectivity index (χ2v) is 6.56. The second kappa shape index (κ2) is 7.87. The van der Waals surface area contributed by atoms with Gasteiger partial charge in [0.15, 0.2) is 0 Å². The molecule has 116 valence electrons. The normalized spacial score (nSPS) is 11.9. The molecule has 1 aromatic rings. The van der Waals surface area contributed by atoms with E-state index in [1.807, 2.05) is 18.2 Å². The van der Waals surface area contributed by atoms with Gasteiger partial charge in [0.25, 0.3) is 0 Å². The number of carbonyl (C=O) groups is 1. The molecule has 0 aromatic heterocycles. The van der Waals surface area contributed by atoms with Gasteiger partial charge in [-0.25, -0.2) is 0 Å². The zero-order valence-corrected chi connectivity index (χ0v) is 13.8. The lowest BCUT2D eigenvalue weighted by Crippen LogP contribution is -2.26.